The first-order valence-electron chi connectivity index (χ1n) is 4.85. The lowest BCUT2D eigenvalue weighted by Gasteiger charge is -2.20. The van der Waals surface area contributed by atoms with Crippen LogP contribution in [0, 0.1) is 10.1 Å². The number of likely N-dealkylation sites (N-methyl/N-ethyl adjacent to an activating group) is 1. The third-order valence-corrected chi connectivity index (χ3v) is 2.28. The van der Waals surface area contributed by atoms with E-state index in [2.05, 4.69) is 5.10 Å². The summed E-state index contributed by atoms with van der Waals surface area (Å²) >= 11 is 0. The molecule has 0 aromatic carbocycles. The minimum atomic E-state index is -0.590. The zero-order valence-corrected chi connectivity index (χ0v) is 9.45. The van der Waals surface area contributed by atoms with Crippen molar-refractivity contribution in [1.29, 1.82) is 0 Å². The molecule has 0 aliphatic heterocycles. The third kappa shape index (κ3) is 2.78. The van der Waals surface area contributed by atoms with Gasteiger partial charge in [0.2, 0.25) is 5.91 Å². The molecule has 0 spiro atoms. The van der Waals surface area contributed by atoms with Crippen LogP contribution in [0.4, 0.5) is 5.82 Å². The predicted molar refractivity (Wildman–Crippen MR) is 56.8 cm³/mol. The maximum Gasteiger partial charge on any atom is 0.389 e. The summed E-state index contributed by atoms with van der Waals surface area (Å²) in [4.78, 5) is 23.0. The SMILES string of the molecule is CC(C)N(C)C(=O)Cn1ccc([N+](=O)[O-])n1. The Morgan fingerprint density at radius 1 is 1.69 bits per heavy atom. The summed E-state index contributed by atoms with van der Waals surface area (Å²) in [5.41, 5.74) is 0. The Balaban J connectivity index is 2.66. The minimum absolute atomic E-state index is 0.0164. The Kier molecular flexibility index (Phi) is 3.60. The molecule has 0 atom stereocenters. The fourth-order valence-corrected chi connectivity index (χ4v) is 1.07. The average Bonchev–Trinajstić information content (AvgIpc) is 2.64. The molecule has 1 heterocycles. The first kappa shape index (κ1) is 12.2. The molecule has 88 valence electrons. The largest absolute Gasteiger partial charge is 0.389 e. The fourth-order valence-electron chi connectivity index (χ4n) is 1.07. The van der Waals surface area contributed by atoms with Crippen LogP contribution in [0.3, 0.4) is 0 Å². The topological polar surface area (TPSA) is 81.3 Å². The van der Waals surface area contributed by atoms with Crippen LogP contribution < -0.4 is 0 Å². The number of nitro groups is 1. The zero-order chi connectivity index (χ0) is 12.3. The molecule has 0 fully saturated rings. The monoisotopic (exact) mass is 226 g/mol. The number of carbonyl (C=O) groups excluding carboxylic acids is 1. The summed E-state index contributed by atoms with van der Waals surface area (Å²) in [6.07, 6.45) is 1.42. The Morgan fingerprint density at radius 2 is 2.31 bits per heavy atom. The van der Waals surface area contributed by atoms with Crippen molar-refractivity contribution in [2.24, 2.45) is 0 Å². The molecule has 1 amide bonds. The van der Waals surface area contributed by atoms with E-state index in [1.54, 1.807) is 11.9 Å². The summed E-state index contributed by atoms with van der Waals surface area (Å²) < 4.78 is 1.26. The van der Waals surface area contributed by atoms with Crippen molar-refractivity contribution in [3.63, 3.8) is 0 Å². The number of hydrogen-bond donors (Lipinski definition) is 0. The molecule has 1 aromatic rings. The second-order valence-electron chi connectivity index (χ2n) is 3.73. The van der Waals surface area contributed by atoms with Crippen molar-refractivity contribution < 1.29 is 9.72 Å². The lowest BCUT2D eigenvalue weighted by atomic mass is 10.3. The Labute approximate surface area is 92.8 Å². The first-order valence-corrected chi connectivity index (χ1v) is 4.85. The Morgan fingerprint density at radius 3 is 2.75 bits per heavy atom. The maximum absolute atomic E-state index is 11.6. The van der Waals surface area contributed by atoms with E-state index in [1.807, 2.05) is 13.8 Å². The molecule has 0 aliphatic rings. The Hall–Kier alpha value is -1.92. The number of hydrogen-bond acceptors (Lipinski definition) is 4. The molecule has 16 heavy (non-hydrogen) atoms. The Bertz CT molecular complexity index is 399. The standard InChI is InChI=1S/C9H14N4O3/c1-7(2)11(3)9(14)6-12-5-4-8(10-12)13(15)16/h4-5,7H,6H2,1-3H3. The van der Waals surface area contributed by atoms with E-state index in [0.717, 1.165) is 0 Å². The van der Waals surface area contributed by atoms with Crippen LogP contribution in [0.1, 0.15) is 13.8 Å². The molecule has 0 radical (unpaired) electrons. The van der Waals surface area contributed by atoms with Gasteiger partial charge in [0.15, 0.2) is 0 Å². The van der Waals surface area contributed by atoms with Gasteiger partial charge < -0.3 is 15.0 Å². The number of carbonyl (C=O) groups is 1. The van der Waals surface area contributed by atoms with Gasteiger partial charge in [-0.05, 0) is 18.8 Å². The van der Waals surface area contributed by atoms with Gasteiger partial charge >= 0.3 is 5.82 Å². The van der Waals surface area contributed by atoms with Crippen LogP contribution in [0.5, 0.6) is 0 Å². The van der Waals surface area contributed by atoms with Gasteiger partial charge in [-0.15, -0.1) is 0 Å². The number of rotatable bonds is 4. The van der Waals surface area contributed by atoms with Crippen molar-refractivity contribution in [2.45, 2.75) is 26.4 Å². The number of aromatic nitrogens is 2. The van der Waals surface area contributed by atoms with Crippen molar-refractivity contribution in [2.75, 3.05) is 7.05 Å². The summed E-state index contributed by atoms with van der Waals surface area (Å²) in [7, 11) is 1.69. The predicted octanol–water partition coefficient (Wildman–Crippen LogP) is 0.658. The highest BCUT2D eigenvalue weighted by Gasteiger charge is 2.16. The van der Waals surface area contributed by atoms with Gasteiger partial charge in [0, 0.05) is 13.1 Å². The quantitative estimate of drug-likeness (QED) is 0.557. The maximum atomic E-state index is 11.6. The molecule has 0 unspecified atom stereocenters. The summed E-state index contributed by atoms with van der Waals surface area (Å²) in [5, 5.41) is 14.0. The number of nitrogens with zero attached hydrogens (tertiary/aromatic N) is 4. The van der Waals surface area contributed by atoms with Gasteiger partial charge in [-0.2, -0.15) is 4.68 Å². The van der Waals surface area contributed by atoms with Crippen LogP contribution in [0.15, 0.2) is 12.3 Å². The molecule has 1 aromatic heterocycles. The smallest absolute Gasteiger partial charge is 0.358 e. The average molecular weight is 226 g/mol. The van der Waals surface area contributed by atoms with Gasteiger partial charge in [0.05, 0.1) is 17.4 Å². The van der Waals surface area contributed by atoms with Crippen LogP contribution in [-0.2, 0) is 11.3 Å². The van der Waals surface area contributed by atoms with E-state index >= 15 is 0 Å². The van der Waals surface area contributed by atoms with Crippen molar-refractivity contribution in [1.82, 2.24) is 14.7 Å². The summed E-state index contributed by atoms with van der Waals surface area (Å²) in [6, 6.07) is 1.36. The second-order valence-corrected chi connectivity index (χ2v) is 3.73. The van der Waals surface area contributed by atoms with Gasteiger partial charge in [0.25, 0.3) is 0 Å². The lowest BCUT2D eigenvalue weighted by Crippen LogP contribution is -2.35. The molecular weight excluding hydrogens is 212 g/mol. The van der Waals surface area contributed by atoms with E-state index in [-0.39, 0.29) is 24.3 Å². The van der Waals surface area contributed by atoms with E-state index in [9.17, 15) is 14.9 Å². The first-order chi connectivity index (χ1) is 7.41. The lowest BCUT2D eigenvalue weighted by molar-refractivity contribution is -0.389. The summed E-state index contributed by atoms with van der Waals surface area (Å²) in [5.74, 6) is -0.381. The highest BCUT2D eigenvalue weighted by Crippen LogP contribution is 2.05. The molecule has 1 rings (SSSR count). The highest BCUT2D eigenvalue weighted by atomic mass is 16.6. The van der Waals surface area contributed by atoms with Crippen LogP contribution >= 0.6 is 0 Å². The van der Waals surface area contributed by atoms with Crippen molar-refractivity contribution >= 4 is 11.7 Å². The summed E-state index contributed by atoms with van der Waals surface area (Å²) in [6.45, 7) is 3.80. The van der Waals surface area contributed by atoms with Gasteiger partial charge in [-0.25, -0.2) is 0 Å². The van der Waals surface area contributed by atoms with E-state index < -0.39 is 4.92 Å². The van der Waals surface area contributed by atoms with Crippen LogP contribution in [-0.4, -0.2) is 38.6 Å². The molecular formula is C9H14N4O3. The molecule has 0 N–H and O–H groups in total. The molecule has 7 heteroatoms. The van der Waals surface area contributed by atoms with Crippen LogP contribution in [0.25, 0.3) is 0 Å². The number of amides is 1. The van der Waals surface area contributed by atoms with E-state index in [0.29, 0.717) is 0 Å². The molecule has 0 aliphatic carbocycles. The van der Waals surface area contributed by atoms with E-state index in [4.69, 9.17) is 0 Å². The molecule has 7 nitrogen and oxygen atoms in total. The van der Waals surface area contributed by atoms with Gasteiger partial charge in [-0.3, -0.25) is 4.79 Å². The molecule has 0 bridgehead atoms. The highest BCUT2D eigenvalue weighted by molar-refractivity contribution is 5.75. The van der Waals surface area contributed by atoms with Gasteiger partial charge in [0.1, 0.15) is 6.54 Å². The van der Waals surface area contributed by atoms with Gasteiger partial charge in [-0.1, -0.05) is 0 Å². The zero-order valence-electron chi connectivity index (χ0n) is 9.45. The normalized spacial score (nSPS) is 10.5. The van der Waals surface area contributed by atoms with E-state index in [1.165, 1.54) is 16.9 Å². The second kappa shape index (κ2) is 4.73. The molecule has 0 saturated heterocycles. The minimum Gasteiger partial charge on any atom is -0.358 e. The van der Waals surface area contributed by atoms with Crippen LogP contribution in [0.2, 0.25) is 0 Å². The van der Waals surface area contributed by atoms with Crippen molar-refractivity contribution in [3.05, 3.63) is 22.4 Å². The molecule has 0 saturated carbocycles. The van der Waals surface area contributed by atoms with Crippen molar-refractivity contribution in [3.8, 4) is 0 Å². The third-order valence-electron chi connectivity index (χ3n) is 2.28. The fraction of sp³-hybridized carbons (Fsp3) is 0.556.